The van der Waals surface area contributed by atoms with Gasteiger partial charge >= 0.3 is 0 Å². The summed E-state index contributed by atoms with van der Waals surface area (Å²) in [4.78, 5) is 4.13. The van der Waals surface area contributed by atoms with Crippen molar-refractivity contribution in [1.29, 1.82) is 0 Å². The standard InChI is InChI=1S/C21H27Cl2N3/c1-16(2)5-4-6-17(3)9-10-25-21(14-26-12-11-24-15-26)19-8-7-18(22)13-20(19)23/h5,7-9,11-13,15,21,25H,4,6,10,14H2,1-3H3/b17-9+. The van der Waals surface area contributed by atoms with Crippen LogP contribution in [0.2, 0.25) is 10.0 Å². The molecule has 1 heterocycles. The Morgan fingerprint density at radius 3 is 2.69 bits per heavy atom. The first kappa shape index (κ1) is 20.8. The summed E-state index contributed by atoms with van der Waals surface area (Å²) in [6.45, 7) is 8.00. The van der Waals surface area contributed by atoms with Gasteiger partial charge in [-0.1, -0.05) is 52.6 Å². The number of benzene rings is 1. The van der Waals surface area contributed by atoms with Crippen molar-refractivity contribution in [3.05, 3.63) is 75.8 Å². The van der Waals surface area contributed by atoms with E-state index in [2.05, 4.69) is 43.2 Å². The van der Waals surface area contributed by atoms with Gasteiger partial charge in [0.05, 0.1) is 12.4 Å². The predicted molar refractivity (Wildman–Crippen MR) is 112 cm³/mol. The zero-order valence-corrected chi connectivity index (χ0v) is 17.2. The molecule has 0 saturated carbocycles. The molecule has 26 heavy (non-hydrogen) atoms. The lowest BCUT2D eigenvalue weighted by molar-refractivity contribution is 0.483. The Labute approximate surface area is 166 Å². The summed E-state index contributed by atoms with van der Waals surface area (Å²) in [6, 6.07) is 5.74. The van der Waals surface area contributed by atoms with E-state index in [1.54, 1.807) is 12.3 Å². The van der Waals surface area contributed by atoms with E-state index in [0.29, 0.717) is 10.0 Å². The summed E-state index contributed by atoms with van der Waals surface area (Å²) < 4.78 is 2.05. The number of rotatable bonds is 9. The Morgan fingerprint density at radius 2 is 2.04 bits per heavy atom. The van der Waals surface area contributed by atoms with Gasteiger partial charge in [-0.15, -0.1) is 0 Å². The van der Waals surface area contributed by atoms with E-state index in [1.165, 1.54) is 11.1 Å². The average Bonchev–Trinajstić information content (AvgIpc) is 3.07. The number of nitrogens with one attached hydrogen (secondary N) is 1. The molecule has 0 bridgehead atoms. The van der Waals surface area contributed by atoms with Gasteiger partial charge < -0.3 is 9.88 Å². The van der Waals surface area contributed by atoms with Gasteiger partial charge in [-0.25, -0.2) is 4.98 Å². The molecule has 1 atom stereocenters. The number of allylic oxidation sites excluding steroid dienone is 3. The fourth-order valence-electron chi connectivity index (χ4n) is 2.73. The van der Waals surface area contributed by atoms with Crippen LogP contribution in [-0.2, 0) is 6.54 Å². The molecule has 3 nitrogen and oxygen atoms in total. The lowest BCUT2D eigenvalue weighted by Gasteiger charge is -2.20. The lowest BCUT2D eigenvalue weighted by Crippen LogP contribution is -2.26. The van der Waals surface area contributed by atoms with E-state index in [0.717, 1.165) is 31.5 Å². The minimum atomic E-state index is 0.0794. The SMILES string of the molecule is CC(C)=CCC/C(C)=C/CNC(Cn1ccnc1)c1ccc(Cl)cc1Cl. The van der Waals surface area contributed by atoms with Crippen molar-refractivity contribution >= 4 is 23.2 Å². The molecule has 140 valence electrons. The second kappa shape index (κ2) is 10.6. The van der Waals surface area contributed by atoms with Crippen molar-refractivity contribution in [2.75, 3.05) is 6.54 Å². The zero-order chi connectivity index (χ0) is 18.9. The van der Waals surface area contributed by atoms with Crippen LogP contribution in [0.15, 0.2) is 60.2 Å². The molecule has 1 aromatic heterocycles. The monoisotopic (exact) mass is 391 g/mol. The highest BCUT2D eigenvalue weighted by Crippen LogP contribution is 2.27. The number of hydrogen-bond acceptors (Lipinski definition) is 2. The first-order valence-electron chi connectivity index (χ1n) is 8.88. The molecule has 0 aliphatic rings. The fourth-order valence-corrected chi connectivity index (χ4v) is 3.27. The second-order valence-corrected chi connectivity index (χ2v) is 7.60. The Balaban J connectivity index is 2.03. The summed E-state index contributed by atoms with van der Waals surface area (Å²) in [5, 5.41) is 4.93. The predicted octanol–water partition coefficient (Wildman–Crippen LogP) is 6.21. The molecule has 0 saturated heterocycles. The molecule has 0 spiro atoms. The Kier molecular flexibility index (Phi) is 8.43. The zero-order valence-electron chi connectivity index (χ0n) is 15.7. The van der Waals surface area contributed by atoms with Crippen molar-refractivity contribution in [2.45, 2.75) is 46.2 Å². The highest BCUT2D eigenvalue weighted by atomic mass is 35.5. The maximum absolute atomic E-state index is 6.43. The minimum absolute atomic E-state index is 0.0794. The summed E-state index contributed by atoms with van der Waals surface area (Å²) >= 11 is 12.5. The van der Waals surface area contributed by atoms with Crippen molar-refractivity contribution in [3.8, 4) is 0 Å². The van der Waals surface area contributed by atoms with Crippen LogP contribution in [-0.4, -0.2) is 16.1 Å². The number of nitrogens with zero attached hydrogens (tertiary/aromatic N) is 2. The van der Waals surface area contributed by atoms with E-state index in [9.17, 15) is 0 Å². The third-order valence-corrected chi connectivity index (χ3v) is 4.76. The molecular formula is C21H27Cl2N3. The molecule has 0 fully saturated rings. The highest BCUT2D eigenvalue weighted by Gasteiger charge is 2.15. The van der Waals surface area contributed by atoms with Crippen LogP contribution >= 0.6 is 23.2 Å². The van der Waals surface area contributed by atoms with Gasteiger partial charge in [0.2, 0.25) is 0 Å². The van der Waals surface area contributed by atoms with E-state index in [-0.39, 0.29) is 6.04 Å². The van der Waals surface area contributed by atoms with Gasteiger partial charge in [-0.3, -0.25) is 0 Å². The van der Waals surface area contributed by atoms with Crippen molar-refractivity contribution in [2.24, 2.45) is 0 Å². The Morgan fingerprint density at radius 1 is 1.23 bits per heavy atom. The van der Waals surface area contributed by atoms with Crippen LogP contribution in [0.1, 0.15) is 45.2 Å². The maximum atomic E-state index is 6.43. The van der Waals surface area contributed by atoms with E-state index < -0.39 is 0 Å². The normalized spacial score (nSPS) is 12.9. The largest absolute Gasteiger partial charge is 0.336 e. The van der Waals surface area contributed by atoms with Crippen molar-refractivity contribution < 1.29 is 0 Å². The molecule has 1 N–H and O–H groups in total. The van der Waals surface area contributed by atoms with E-state index >= 15 is 0 Å². The van der Waals surface area contributed by atoms with Gasteiger partial charge in [-0.2, -0.15) is 0 Å². The molecular weight excluding hydrogens is 365 g/mol. The topological polar surface area (TPSA) is 29.9 Å². The molecule has 2 aromatic rings. The van der Waals surface area contributed by atoms with Gasteiger partial charge in [-0.05, 0) is 51.3 Å². The van der Waals surface area contributed by atoms with Crippen LogP contribution < -0.4 is 5.32 Å². The first-order chi connectivity index (χ1) is 12.5. The number of hydrogen-bond donors (Lipinski definition) is 1. The average molecular weight is 392 g/mol. The molecule has 0 aliphatic carbocycles. The third-order valence-electron chi connectivity index (χ3n) is 4.20. The summed E-state index contributed by atoms with van der Waals surface area (Å²) in [7, 11) is 0. The summed E-state index contributed by atoms with van der Waals surface area (Å²) in [6.07, 6.45) is 12.3. The molecule has 1 aromatic carbocycles. The van der Waals surface area contributed by atoms with Gasteiger partial charge in [0, 0.05) is 35.5 Å². The molecule has 1 unspecified atom stereocenters. The van der Waals surface area contributed by atoms with Gasteiger partial charge in [0.15, 0.2) is 0 Å². The summed E-state index contributed by atoms with van der Waals surface area (Å²) in [5.41, 5.74) is 3.80. The number of aromatic nitrogens is 2. The van der Waals surface area contributed by atoms with Gasteiger partial charge in [0.25, 0.3) is 0 Å². The molecule has 2 rings (SSSR count). The molecule has 0 aliphatic heterocycles. The first-order valence-corrected chi connectivity index (χ1v) is 9.64. The quantitative estimate of drug-likeness (QED) is 0.514. The van der Waals surface area contributed by atoms with Crippen LogP contribution in [0, 0.1) is 0 Å². The second-order valence-electron chi connectivity index (χ2n) is 6.76. The number of halogens is 2. The van der Waals surface area contributed by atoms with Crippen LogP contribution in [0.25, 0.3) is 0 Å². The van der Waals surface area contributed by atoms with Crippen LogP contribution in [0.4, 0.5) is 0 Å². The lowest BCUT2D eigenvalue weighted by atomic mass is 10.1. The summed E-state index contributed by atoms with van der Waals surface area (Å²) in [5.74, 6) is 0. The van der Waals surface area contributed by atoms with Crippen molar-refractivity contribution in [1.82, 2.24) is 14.9 Å². The Hall–Kier alpha value is -1.55. The molecule has 0 amide bonds. The minimum Gasteiger partial charge on any atom is -0.336 e. The Bertz CT molecular complexity index is 745. The highest BCUT2D eigenvalue weighted by molar-refractivity contribution is 6.35. The van der Waals surface area contributed by atoms with E-state index in [4.69, 9.17) is 23.2 Å². The van der Waals surface area contributed by atoms with E-state index in [1.807, 2.05) is 29.2 Å². The van der Waals surface area contributed by atoms with Crippen LogP contribution in [0.3, 0.4) is 0 Å². The molecule has 5 heteroatoms. The van der Waals surface area contributed by atoms with Gasteiger partial charge in [0.1, 0.15) is 0 Å². The fraction of sp³-hybridized carbons (Fsp3) is 0.381. The number of imidazole rings is 1. The smallest absolute Gasteiger partial charge is 0.0946 e. The third kappa shape index (κ3) is 6.99. The molecule has 0 radical (unpaired) electrons. The van der Waals surface area contributed by atoms with Crippen molar-refractivity contribution in [3.63, 3.8) is 0 Å². The maximum Gasteiger partial charge on any atom is 0.0946 e. The van der Waals surface area contributed by atoms with Crippen LogP contribution in [0.5, 0.6) is 0 Å².